The molecule has 0 saturated heterocycles. The van der Waals surface area contributed by atoms with Crippen molar-refractivity contribution in [2.24, 2.45) is 0 Å². The molecule has 1 amide bonds. The number of esters is 1. The number of hydrogen-bond acceptors (Lipinski definition) is 5. The zero-order valence-electron chi connectivity index (χ0n) is 16.9. The van der Waals surface area contributed by atoms with E-state index in [0.717, 1.165) is 11.1 Å². The van der Waals surface area contributed by atoms with Crippen LogP contribution in [0.25, 0.3) is 0 Å². The van der Waals surface area contributed by atoms with Crippen molar-refractivity contribution in [1.29, 1.82) is 0 Å². The van der Waals surface area contributed by atoms with Crippen LogP contribution in [0.1, 0.15) is 59.1 Å². The molecular formula is C20H32N2O4. The predicted octanol–water partition coefficient (Wildman–Crippen LogP) is 3.74. The Bertz CT molecular complexity index is 612. The van der Waals surface area contributed by atoms with Crippen LogP contribution in [0.15, 0.2) is 18.2 Å². The van der Waals surface area contributed by atoms with E-state index in [-0.39, 0.29) is 12.4 Å². The van der Waals surface area contributed by atoms with Crippen molar-refractivity contribution in [1.82, 2.24) is 5.32 Å². The highest BCUT2D eigenvalue weighted by Crippen LogP contribution is 2.18. The van der Waals surface area contributed by atoms with Crippen LogP contribution in [0.4, 0.5) is 10.5 Å². The Morgan fingerprint density at radius 1 is 1.08 bits per heavy atom. The number of nitrogens with one attached hydrogen (secondary N) is 1. The molecule has 1 aromatic rings. The average molecular weight is 364 g/mol. The molecule has 0 aliphatic carbocycles. The van der Waals surface area contributed by atoms with E-state index in [0.29, 0.717) is 12.1 Å². The van der Waals surface area contributed by atoms with Crippen molar-refractivity contribution in [3.63, 3.8) is 0 Å². The Morgan fingerprint density at radius 3 is 2.19 bits per heavy atom. The van der Waals surface area contributed by atoms with E-state index in [1.807, 2.05) is 45.9 Å². The summed E-state index contributed by atoms with van der Waals surface area (Å²) in [5, 5.41) is 2.78. The molecule has 6 heteroatoms. The number of amides is 1. The van der Waals surface area contributed by atoms with Gasteiger partial charge in [0.25, 0.3) is 0 Å². The maximum atomic E-state index is 12.2. The first-order valence-electron chi connectivity index (χ1n) is 8.81. The molecule has 26 heavy (non-hydrogen) atoms. The minimum atomic E-state index is -0.617. The fourth-order valence-corrected chi connectivity index (χ4v) is 2.41. The molecule has 6 nitrogen and oxygen atoms in total. The molecule has 0 aliphatic rings. The van der Waals surface area contributed by atoms with Gasteiger partial charge >= 0.3 is 12.1 Å². The summed E-state index contributed by atoms with van der Waals surface area (Å²) in [4.78, 5) is 24.4. The van der Waals surface area contributed by atoms with Crippen molar-refractivity contribution < 1.29 is 19.1 Å². The number of hydrogen-bond donors (Lipinski definition) is 2. The van der Waals surface area contributed by atoms with E-state index in [9.17, 15) is 9.59 Å². The van der Waals surface area contributed by atoms with E-state index >= 15 is 0 Å². The van der Waals surface area contributed by atoms with E-state index in [1.165, 1.54) is 0 Å². The van der Waals surface area contributed by atoms with Crippen LogP contribution in [-0.4, -0.2) is 29.3 Å². The molecule has 0 aromatic heterocycles. The normalized spacial score (nSPS) is 13.0. The molecule has 0 fully saturated rings. The second-order valence-electron chi connectivity index (χ2n) is 8.52. The third-order valence-corrected chi connectivity index (χ3v) is 3.39. The summed E-state index contributed by atoms with van der Waals surface area (Å²) in [6.07, 6.45) is -0.0623. The predicted molar refractivity (Wildman–Crippen MR) is 103 cm³/mol. The number of ether oxygens (including phenoxy) is 2. The summed E-state index contributed by atoms with van der Waals surface area (Å²) >= 11 is 0. The number of nitrogen functional groups attached to an aromatic ring is 1. The van der Waals surface area contributed by atoms with Crippen LogP contribution in [0, 0.1) is 6.92 Å². The summed E-state index contributed by atoms with van der Waals surface area (Å²) in [7, 11) is 0. The van der Waals surface area contributed by atoms with Gasteiger partial charge < -0.3 is 20.5 Å². The molecule has 1 rings (SSSR count). The highest BCUT2D eigenvalue weighted by atomic mass is 16.6. The second kappa shape index (κ2) is 8.43. The zero-order chi connectivity index (χ0) is 20.1. The smallest absolute Gasteiger partial charge is 0.407 e. The van der Waals surface area contributed by atoms with E-state index < -0.39 is 23.3 Å². The Balaban J connectivity index is 2.91. The third kappa shape index (κ3) is 8.74. The summed E-state index contributed by atoms with van der Waals surface area (Å²) < 4.78 is 10.7. The Labute approximate surface area is 156 Å². The van der Waals surface area contributed by atoms with Gasteiger partial charge in [-0.3, -0.25) is 4.79 Å². The Kier molecular flexibility index (Phi) is 7.07. The minimum Gasteiger partial charge on any atom is -0.460 e. The summed E-state index contributed by atoms with van der Waals surface area (Å²) in [5.74, 6) is -0.375. The van der Waals surface area contributed by atoms with Gasteiger partial charge in [-0.05, 0) is 78.1 Å². The third-order valence-electron chi connectivity index (χ3n) is 3.39. The largest absolute Gasteiger partial charge is 0.460 e. The number of aryl methyl sites for hydroxylation is 1. The van der Waals surface area contributed by atoms with Crippen LogP contribution >= 0.6 is 0 Å². The number of benzene rings is 1. The maximum Gasteiger partial charge on any atom is 0.407 e. The molecule has 1 aromatic carbocycles. The molecule has 146 valence electrons. The second-order valence-corrected chi connectivity index (χ2v) is 8.52. The standard InChI is InChI=1S/C20H32N2O4/c1-13-8-9-15(21)10-14(13)11-16(12-17(23)25-19(2,3)4)22-18(24)26-20(5,6)7/h8-10,16H,11-12,21H2,1-7H3,(H,22,24). The van der Waals surface area contributed by atoms with Gasteiger partial charge in [-0.15, -0.1) is 0 Å². The van der Waals surface area contributed by atoms with Crippen molar-refractivity contribution in [2.45, 2.75) is 78.6 Å². The molecule has 1 atom stereocenters. The molecule has 0 radical (unpaired) electrons. The number of alkyl carbamates (subject to hydrolysis) is 1. The van der Waals surface area contributed by atoms with Gasteiger partial charge in [0, 0.05) is 11.7 Å². The number of carbonyl (C=O) groups excluding carboxylic acids is 2. The van der Waals surface area contributed by atoms with Crippen molar-refractivity contribution >= 4 is 17.7 Å². The first-order valence-corrected chi connectivity index (χ1v) is 8.81. The Hall–Kier alpha value is -2.24. The SMILES string of the molecule is Cc1ccc(N)cc1CC(CC(=O)OC(C)(C)C)NC(=O)OC(C)(C)C. The van der Waals surface area contributed by atoms with Gasteiger partial charge in [0.2, 0.25) is 0 Å². The van der Waals surface area contributed by atoms with E-state index in [2.05, 4.69) is 5.32 Å². The topological polar surface area (TPSA) is 90.7 Å². The lowest BCUT2D eigenvalue weighted by molar-refractivity contribution is -0.155. The van der Waals surface area contributed by atoms with Crippen LogP contribution in [0.2, 0.25) is 0 Å². The summed E-state index contributed by atoms with van der Waals surface area (Å²) in [5.41, 5.74) is 7.31. The van der Waals surface area contributed by atoms with Gasteiger partial charge in [0.05, 0.1) is 6.42 Å². The fraction of sp³-hybridized carbons (Fsp3) is 0.600. The lowest BCUT2D eigenvalue weighted by Gasteiger charge is -2.25. The average Bonchev–Trinajstić information content (AvgIpc) is 2.38. The number of rotatable bonds is 5. The van der Waals surface area contributed by atoms with E-state index in [1.54, 1.807) is 20.8 Å². The van der Waals surface area contributed by atoms with Gasteiger partial charge in [0.15, 0.2) is 0 Å². The summed E-state index contributed by atoms with van der Waals surface area (Å²) in [6.45, 7) is 12.8. The van der Waals surface area contributed by atoms with Gasteiger partial charge in [-0.1, -0.05) is 6.07 Å². The van der Waals surface area contributed by atoms with Crippen LogP contribution in [0.5, 0.6) is 0 Å². The molecule has 0 spiro atoms. The van der Waals surface area contributed by atoms with Gasteiger partial charge in [-0.2, -0.15) is 0 Å². The highest BCUT2D eigenvalue weighted by molar-refractivity contribution is 5.73. The zero-order valence-corrected chi connectivity index (χ0v) is 16.9. The molecule has 1 unspecified atom stereocenters. The lowest BCUT2D eigenvalue weighted by Crippen LogP contribution is -2.42. The van der Waals surface area contributed by atoms with E-state index in [4.69, 9.17) is 15.2 Å². The van der Waals surface area contributed by atoms with Crippen LogP contribution in [-0.2, 0) is 20.7 Å². The molecule has 0 aliphatic heterocycles. The molecule has 0 heterocycles. The van der Waals surface area contributed by atoms with Crippen LogP contribution < -0.4 is 11.1 Å². The number of carbonyl (C=O) groups is 2. The van der Waals surface area contributed by atoms with Crippen molar-refractivity contribution in [3.8, 4) is 0 Å². The van der Waals surface area contributed by atoms with Gasteiger partial charge in [0.1, 0.15) is 11.2 Å². The molecular weight excluding hydrogens is 332 g/mol. The first-order chi connectivity index (χ1) is 11.7. The lowest BCUT2D eigenvalue weighted by atomic mass is 9.98. The quantitative estimate of drug-likeness (QED) is 0.613. The maximum absolute atomic E-state index is 12.2. The van der Waals surface area contributed by atoms with Crippen molar-refractivity contribution in [2.75, 3.05) is 5.73 Å². The Morgan fingerprint density at radius 2 is 1.65 bits per heavy atom. The van der Waals surface area contributed by atoms with Gasteiger partial charge in [-0.25, -0.2) is 4.79 Å². The summed E-state index contributed by atoms with van der Waals surface area (Å²) in [6, 6.07) is 5.14. The minimum absolute atomic E-state index is 0.0464. The van der Waals surface area contributed by atoms with Crippen molar-refractivity contribution in [3.05, 3.63) is 29.3 Å². The number of anilines is 1. The molecule has 0 saturated carbocycles. The first kappa shape index (κ1) is 21.8. The fourth-order valence-electron chi connectivity index (χ4n) is 2.41. The molecule has 0 bridgehead atoms. The number of nitrogens with two attached hydrogens (primary N) is 1. The molecule has 3 N–H and O–H groups in total. The highest BCUT2D eigenvalue weighted by Gasteiger charge is 2.25. The monoisotopic (exact) mass is 364 g/mol. The van der Waals surface area contributed by atoms with Crippen LogP contribution in [0.3, 0.4) is 0 Å².